The van der Waals surface area contributed by atoms with E-state index in [0.29, 0.717) is 6.54 Å². The number of aliphatic carboxylic acids is 1. The SMILES string of the molecule is O=C(N[C@H](CO)C(=O)O)[C@@H]1CCCNC1. The maximum Gasteiger partial charge on any atom is 0.328 e. The second kappa shape index (κ2) is 5.67. The molecule has 4 N–H and O–H groups in total. The zero-order chi connectivity index (χ0) is 11.3. The van der Waals surface area contributed by atoms with Crippen LogP contribution in [0.1, 0.15) is 12.8 Å². The second-order valence-electron chi connectivity index (χ2n) is 3.63. The summed E-state index contributed by atoms with van der Waals surface area (Å²) in [6.45, 7) is 0.886. The van der Waals surface area contributed by atoms with Crippen LogP contribution in [0.3, 0.4) is 0 Å². The van der Waals surface area contributed by atoms with E-state index in [1.165, 1.54) is 0 Å². The highest BCUT2D eigenvalue weighted by molar-refractivity contribution is 5.85. The van der Waals surface area contributed by atoms with E-state index in [9.17, 15) is 9.59 Å². The molecule has 0 unspecified atom stereocenters. The minimum atomic E-state index is -1.21. The highest BCUT2D eigenvalue weighted by Crippen LogP contribution is 2.09. The smallest absolute Gasteiger partial charge is 0.328 e. The second-order valence-corrected chi connectivity index (χ2v) is 3.63. The van der Waals surface area contributed by atoms with Gasteiger partial charge in [-0.25, -0.2) is 4.79 Å². The van der Waals surface area contributed by atoms with Crippen molar-refractivity contribution in [1.82, 2.24) is 10.6 Å². The summed E-state index contributed by atoms with van der Waals surface area (Å²) in [5.41, 5.74) is 0. The molecular formula is C9H16N2O4. The number of carboxylic acids is 1. The summed E-state index contributed by atoms with van der Waals surface area (Å²) in [6, 6.07) is -1.19. The van der Waals surface area contributed by atoms with Gasteiger partial charge in [-0.15, -0.1) is 0 Å². The van der Waals surface area contributed by atoms with Gasteiger partial charge in [0.25, 0.3) is 0 Å². The Morgan fingerprint density at radius 2 is 2.27 bits per heavy atom. The van der Waals surface area contributed by atoms with Crippen molar-refractivity contribution >= 4 is 11.9 Å². The van der Waals surface area contributed by atoms with E-state index >= 15 is 0 Å². The number of carbonyl (C=O) groups is 2. The fourth-order valence-corrected chi connectivity index (χ4v) is 1.55. The molecule has 6 heteroatoms. The third-order valence-corrected chi connectivity index (χ3v) is 2.46. The Bertz CT molecular complexity index is 238. The van der Waals surface area contributed by atoms with Crippen LogP contribution in [0.4, 0.5) is 0 Å². The van der Waals surface area contributed by atoms with Crippen molar-refractivity contribution in [3.63, 3.8) is 0 Å². The van der Waals surface area contributed by atoms with E-state index in [1.807, 2.05) is 0 Å². The van der Waals surface area contributed by atoms with Gasteiger partial charge in [0.2, 0.25) is 5.91 Å². The van der Waals surface area contributed by atoms with Crippen LogP contribution in [0.25, 0.3) is 0 Å². The quantitative estimate of drug-likeness (QED) is 0.461. The number of hydrogen-bond donors (Lipinski definition) is 4. The van der Waals surface area contributed by atoms with Crippen molar-refractivity contribution < 1.29 is 19.8 Å². The molecule has 0 aliphatic carbocycles. The van der Waals surface area contributed by atoms with Gasteiger partial charge in [-0.3, -0.25) is 4.79 Å². The van der Waals surface area contributed by atoms with Crippen LogP contribution in [0, 0.1) is 5.92 Å². The van der Waals surface area contributed by atoms with E-state index in [1.54, 1.807) is 0 Å². The first kappa shape index (κ1) is 11.9. The summed E-state index contributed by atoms with van der Waals surface area (Å²) in [6.07, 6.45) is 1.67. The van der Waals surface area contributed by atoms with E-state index in [4.69, 9.17) is 10.2 Å². The number of piperidine rings is 1. The fraction of sp³-hybridized carbons (Fsp3) is 0.778. The average molecular weight is 216 g/mol. The molecule has 6 nitrogen and oxygen atoms in total. The number of nitrogens with one attached hydrogen (secondary N) is 2. The molecule has 0 aromatic carbocycles. The number of aliphatic hydroxyl groups excluding tert-OH is 1. The van der Waals surface area contributed by atoms with Crippen molar-refractivity contribution in [3.05, 3.63) is 0 Å². The summed E-state index contributed by atoms with van der Waals surface area (Å²) in [5, 5.41) is 22.7. The number of hydrogen-bond acceptors (Lipinski definition) is 4. The lowest BCUT2D eigenvalue weighted by Gasteiger charge is -2.23. The summed E-state index contributed by atoms with van der Waals surface area (Å²) < 4.78 is 0. The van der Waals surface area contributed by atoms with Gasteiger partial charge < -0.3 is 20.8 Å². The van der Waals surface area contributed by atoms with Crippen LogP contribution in [0.5, 0.6) is 0 Å². The maximum atomic E-state index is 11.5. The summed E-state index contributed by atoms with van der Waals surface area (Å²) >= 11 is 0. The molecule has 1 amide bonds. The summed E-state index contributed by atoms with van der Waals surface area (Å²) in [4.78, 5) is 22.1. The molecule has 1 aliphatic heterocycles. The number of carboxylic acid groups (broad SMARTS) is 1. The van der Waals surface area contributed by atoms with Crippen molar-refractivity contribution in [2.24, 2.45) is 5.92 Å². The molecule has 0 aromatic rings. The van der Waals surface area contributed by atoms with E-state index < -0.39 is 18.6 Å². The fourth-order valence-electron chi connectivity index (χ4n) is 1.55. The van der Waals surface area contributed by atoms with Crippen LogP contribution in [-0.4, -0.2) is 47.8 Å². The minimum Gasteiger partial charge on any atom is -0.480 e. The first-order chi connectivity index (χ1) is 7.15. The van der Waals surface area contributed by atoms with E-state index in [0.717, 1.165) is 19.4 Å². The zero-order valence-electron chi connectivity index (χ0n) is 8.40. The van der Waals surface area contributed by atoms with Gasteiger partial charge in [0.15, 0.2) is 0 Å². The van der Waals surface area contributed by atoms with Crippen LogP contribution >= 0.6 is 0 Å². The normalized spacial score (nSPS) is 23.1. The van der Waals surface area contributed by atoms with Gasteiger partial charge in [0.05, 0.1) is 12.5 Å². The number of rotatable bonds is 4. The van der Waals surface area contributed by atoms with Crippen molar-refractivity contribution in [1.29, 1.82) is 0 Å². The molecule has 0 saturated carbocycles. The molecule has 1 saturated heterocycles. The Kier molecular flexibility index (Phi) is 4.51. The van der Waals surface area contributed by atoms with Crippen molar-refractivity contribution in [2.45, 2.75) is 18.9 Å². The molecule has 1 rings (SSSR count). The molecule has 1 fully saturated rings. The van der Waals surface area contributed by atoms with Gasteiger partial charge in [-0.1, -0.05) is 0 Å². The Balaban J connectivity index is 2.42. The van der Waals surface area contributed by atoms with E-state index in [-0.39, 0.29) is 11.8 Å². The maximum absolute atomic E-state index is 11.5. The number of carbonyl (C=O) groups excluding carboxylic acids is 1. The number of amides is 1. The Hall–Kier alpha value is -1.14. The lowest BCUT2D eigenvalue weighted by molar-refractivity contribution is -0.143. The third kappa shape index (κ3) is 3.49. The van der Waals surface area contributed by atoms with Gasteiger partial charge in [0.1, 0.15) is 6.04 Å². The predicted molar refractivity (Wildman–Crippen MR) is 52.2 cm³/mol. The molecule has 0 spiro atoms. The molecule has 1 aliphatic rings. The van der Waals surface area contributed by atoms with Gasteiger partial charge in [-0.2, -0.15) is 0 Å². The molecule has 15 heavy (non-hydrogen) atoms. The first-order valence-corrected chi connectivity index (χ1v) is 5.00. The predicted octanol–water partition coefficient (Wildman–Crippen LogP) is -1.45. The molecule has 86 valence electrons. The van der Waals surface area contributed by atoms with Crippen LogP contribution < -0.4 is 10.6 Å². The largest absolute Gasteiger partial charge is 0.480 e. The lowest BCUT2D eigenvalue weighted by atomic mass is 9.98. The van der Waals surface area contributed by atoms with Crippen LogP contribution in [0.2, 0.25) is 0 Å². The van der Waals surface area contributed by atoms with Gasteiger partial charge in [0, 0.05) is 6.54 Å². The lowest BCUT2D eigenvalue weighted by Crippen LogP contribution is -2.48. The Morgan fingerprint density at radius 1 is 1.53 bits per heavy atom. The molecule has 2 atom stereocenters. The first-order valence-electron chi connectivity index (χ1n) is 5.00. The van der Waals surface area contributed by atoms with Gasteiger partial charge >= 0.3 is 5.97 Å². The Morgan fingerprint density at radius 3 is 2.73 bits per heavy atom. The topological polar surface area (TPSA) is 98.7 Å². The van der Waals surface area contributed by atoms with Crippen molar-refractivity contribution in [3.8, 4) is 0 Å². The highest BCUT2D eigenvalue weighted by atomic mass is 16.4. The molecule has 0 bridgehead atoms. The monoisotopic (exact) mass is 216 g/mol. The van der Waals surface area contributed by atoms with Gasteiger partial charge in [-0.05, 0) is 19.4 Å². The zero-order valence-corrected chi connectivity index (χ0v) is 8.40. The summed E-state index contributed by atoms with van der Waals surface area (Å²) in [7, 11) is 0. The number of aliphatic hydroxyl groups is 1. The van der Waals surface area contributed by atoms with Crippen molar-refractivity contribution in [2.75, 3.05) is 19.7 Å². The van der Waals surface area contributed by atoms with E-state index in [2.05, 4.69) is 10.6 Å². The molecule has 1 heterocycles. The molecular weight excluding hydrogens is 200 g/mol. The van der Waals surface area contributed by atoms with Crippen LogP contribution in [-0.2, 0) is 9.59 Å². The standard InChI is InChI=1S/C9H16N2O4/c12-5-7(9(14)15)11-8(13)6-2-1-3-10-4-6/h6-7,10,12H,1-5H2,(H,11,13)(H,14,15)/t6-,7-/m1/s1. The molecule has 0 radical (unpaired) electrons. The highest BCUT2D eigenvalue weighted by Gasteiger charge is 2.25. The molecule has 0 aromatic heterocycles. The Labute approximate surface area is 87.7 Å². The van der Waals surface area contributed by atoms with Crippen LogP contribution in [0.15, 0.2) is 0 Å². The minimum absolute atomic E-state index is 0.188. The third-order valence-electron chi connectivity index (χ3n) is 2.46. The summed E-state index contributed by atoms with van der Waals surface area (Å²) in [5.74, 6) is -1.70. The average Bonchev–Trinajstić information content (AvgIpc) is 2.26.